The van der Waals surface area contributed by atoms with Crippen molar-refractivity contribution in [3.05, 3.63) is 0 Å². The Morgan fingerprint density at radius 1 is 0.857 bits per heavy atom. The van der Waals surface area contributed by atoms with E-state index in [-0.39, 0.29) is 0 Å². The zero-order valence-electron chi connectivity index (χ0n) is 8.74. The van der Waals surface area contributed by atoms with E-state index >= 15 is 0 Å². The van der Waals surface area contributed by atoms with Crippen molar-refractivity contribution in [1.82, 2.24) is 0 Å². The number of thiol groups is 1. The molecule has 0 rings (SSSR count). The first kappa shape index (κ1) is 14.5. The maximum atomic E-state index is 10.2. The van der Waals surface area contributed by atoms with Crippen LogP contribution in [0.3, 0.4) is 0 Å². The summed E-state index contributed by atoms with van der Waals surface area (Å²) in [6.45, 7) is 0. The molecule has 0 aromatic rings. The Kier molecular flexibility index (Phi) is 11.9. The molecule has 1 unspecified atom stereocenters. The van der Waals surface area contributed by atoms with E-state index in [1.165, 1.54) is 38.5 Å². The highest BCUT2D eigenvalue weighted by Gasteiger charge is 1.91. The SMILES string of the molecule is O=S([O-])CCCCCCCCCCS. The molecule has 0 aliphatic rings. The molecule has 0 aromatic carbocycles. The van der Waals surface area contributed by atoms with Crippen molar-refractivity contribution >= 4 is 23.7 Å². The van der Waals surface area contributed by atoms with Crippen molar-refractivity contribution in [2.75, 3.05) is 11.5 Å². The van der Waals surface area contributed by atoms with Gasteiger partial charge in [0.25, 0.3) is 0 Å². The minimum atomic E-state index is -1.84. The molecule has 0 aliphatic heterocycles. The second-order valence-electron chi connectivity index (χ2n) is 3.56. The Morgan fingerprint density at radius 2 is 1.29 bits per heavy atom. The summed E-state index contributed by atoms with van der Waals surface area (Å²) in [5.74, 6) is 1.33. The molecule has 1 atom stereocenters. The molecule has 0 saturated carbocycles. The zero-order valence-corrected chi connectivity index (χ0v) is 10.5. The van der Waals surface area contributed by atoms with Gasteiger partial charge >= 0.3 is 0 Å². The molecule has 0 amide bonds. The lowest BCUT2D eigenvalue weighted by atomic mass is 10.1. The van der Waals surface area contributed by atoms with Gasteiger partial charge in [-0.3, -0.25) is 4.21 Å². The van der Waals surface area contributed by atoms with Crippen LogP contribution >= 0.6 is 12.6 Å². The van der Waals surface area contributed by atoms with Gasteiger partial charge in [0.15, 0.2) is 0 Å². The summed E-state index contributed by atoms with van der Waals surface area (Å²) in [6.07, 6.45) is 9.40. The smallest absolute Gasteiger partial charge is 0.0102 e. The fraction of sp³-hybridized carbons (Fsp3) is 1.00. The van der Waals surface area contributed by atoms with Gasteiger partial charge in [-0.05, 0) is 18.6 Å². The summed E-state index contributed by atoms with van der Waals surface area (Å²) in [6, 6.07) is 0. The molecule has 0 N–H and O–H groups in total. The third-order valence-electron chi connectivity index (χ3n) is 2.22. The summed E-state index contributed by atoms with van der Waals surface area (Å²) in [7, 11) is 0. The Morgan fingerprint density at radius 3 is 1.71 bits per heavy atom. The summed E-state index contributed by atoms with van der Waals surface area (Å²) >= 11 is 2.32. The molecule has 0 aliphatic carbocycles. The van der Waals surface area contributed by atoms with Crippen LogP contribution in [0, 0.1) is 0 Å². The topological polar surface area (TPSA) is 40.1 Å². The van der Waals surface area contributed by atoms with Gasteiger partial charge in [-0.25, -0.2) is 0 Å². The van der Waals surface area contributed by atoms with Crippen molar-refractivity contribution in [1.29, 1.82) is 0 Å². The van der Waals surface area contributed by atoms with Gasteiger partial charge < -0.3 is 4.55 Å². The Balaban J connectivity index is 2.88. The first-order valence-corrected chi connectivity index (χ1v) is 7.31. The average molecular weight is 237 g/mol. The maximum absolute atomic E-state index is 10.2. The van der Waals surface area contributed by atoms with E-state index in [4.69, 9.17) is 0 Å². The fourth-order valence-corrected chi connectivity index (χ4v) is 2.06. The standard InChI is InChI=1S/C10H22O2S2/c11-14(12)10-8-6-4-2-1-3-5-7-9-13/h13H,1-10H2,(H,11,12)/p-1. The highest BCUT2D eigenvalue weighted by Crippen LogP contribution is 2.08. The molecule has 0 fully saturated rings. The lowest BCUT2D eigenvalue weighted by Crippen LogP contribution is -1.94. The molecule has 14 heavy (non-hydrogen) atoms. The first-order chi connectivity index (χ1) is 6.77. The van der Waals surface area contributed by atoms with Crippen LogP contribution in [-0.2, 0) is 11.1 Å². The largest absolute Gasteiger partial charge is 0.772 e. The van der Waals surface area contributed by atoms with Crippen LogP contribution in [0.2, 0.25) is 0 Å². The van der Waals surface area contributed by atoms with Crippen LogP contribution in [0.4, 0.5) is 0 Å². The molecule has 2 nitrogen and oxygen atoms in total. The van der Waals surface area contributed by atoms with E-state index in [1.54, 1.807) is 0 Å². The normalized spacial score (nSPS) is 13.0. The minimum Gasteiger partial charge on any atom is -0.772 e. The van der Waals surface area contributed by atoms with Crippen molar-refractivity contribution in [2.24, 2.45) is 0 Å². The number of unbranched alkanes of at least 4 members (excludes halogenated alkanes) is 7. The van der Waals surface area contributed by atoms with Crippen LogP contribution < -0.4 is 0 Å². The average Bonchev–Trinajstić information content (AvgIpc) is 2.15. The van der Waals surface area contributed by atoms with E-state index in [0.717, 1.165) is 18.6 Å². The van der Waals surface area contributed by atoms with E-state index in [9.17, 15) is 8.76 Å². The Hall–Kier alpha value is 0.460. The molecular weight excluding hydrogens is 216 g/mol. The molecule has 0 spiro atoms. The predicted molar refractivity (Wildman–Crippen MR) is 64.6 cm³/mol. The minimum absolute atomic E-state index is 0.333. The van der Waals surface area contributed by atoms with Gasteiger partial charge in [0.2, 0.25) is 0 Å². The van der Waals surface area contributed by atoms with E-state index in [2.05, 4.69) is 12.6 Å². The van der Waals surface area contributed by atoms with E-state index < -0.39 is 11.1 Å². The molecule has 86 valence electrons. The van der Waals surface area contributed by atoms with Crippen molar-refractivity contribution in [3.8, 4) is 0 Å². The molecule has 0 heterocycles. The van der Waals surface area contributed by atoms with Gasteiger partial charge in [-0.1, -0.05) is 49.6 Å². The van der Waals surface area contributed by atoms with Gasteiger partial charge in [-0.15, -0.1) is 0 Å². The van der Waals surface area contributed by atoms with Crippen LogP contribution in [0.25, 0.3) is 0 Å². The number of hydrogen-bond acceptors (Lipinski definition) is 3. The first-order valence-electron chi connectivity index (χ1n) is 5.44. The lowest BCUT2D eigenvalue weighted by molar-refractivity contribution is 0.530. The molecule has 4 heteroatoms. The third-order valence-corrected chi connectivity index (χ3v) is 3.16. The van der Waals surface area contributed by atoms with Crippen LogP contribution in [-0.4, -0.2) is 20.3 Å². The lowest BCUT2D eigenvalue weighted by Gasteiger charge is -2.04. The van der Waals surface area contributed by atoms with E-state index in [1.807, 2.05) is 0 Å². The number of hydrogen-bond donors (Lipinski definition) is 1. The Bertz CT molecular complexity index is 140. The zero-order chi connectivity index (χ0) is 10.6. The summed E-state index contributed by atoms with van der Waals surface area (Å²) in [5, 5.41) is 0. The quantitative estimate of drug-likeness (QED) is 0.360. The third kappa shape index (κ3) is 12.5. The van der Waals surface area contributed by atoms with Crippen molar-refractivity contribution in [3.63, 3.8) is 0 Å². The predicted octanol–water partition coefficient (Wildman–Crippen LogP) is 2.92. The van der Waals surface area contributed by atoms with E-state index in [0.29, 0.717) is 5.75 Å². The molecule has 0 bridgehead atoms. The van der Waals surface area contributed by atoms with Gasteiger partial charge in [-0.2, -0.15) is 12.6 Å². The highest BCUT2D eigenvalue weighted by molar-refractivity contribution is 7.80. The number of rotatable bonds is 10. The molecular formula is C10H21O2S2-. The summed E-state index contributed by atoms with van der Waals surface area (Å²) in [4.78, 5) is 0. The van der Waals surface area contributed by atoms with Crippen LogP contribution in [0.1, 0.15) is 51.4 Å². The van der Waals surface area contributed by atoms with Gasteiger partial charge in [0.1, 0.15) is 0 Å². The van der Waals surface area contributed by atoms with Crippen LogP contribution in [0.15, 0.2) is 0 Å². The molecule has 0 radical (unpaired) electrons. The fourth-order valence-electron chi connectivity index (χ4n) is 1.39. The molecule has 0 saturated heterocycles. The van der Waals surface area contributed by atoms with Gasteiger partial charge in [0, 0.05) is 5.75 Å². The summed E-state index contributed by atoms with van der Waals surface area (Å²) in [5.41, 5.74) is 0. The van der Waals surface area contributed by atoms with Gasteiger partial charge in [0.05, 0.1) is 0 Å². The van der Waals surface area contributed by atoms with Crippen molar-refractivity contribution < 1.29 is 8.76 Å². The summed E-state index contributed by atoms with van der Waals surface area (Å²) < 4.78 is 20.4. The second kappa shape index (κ2) is 11.5. The maximum Gasteiger partial charge on any atom is 0.0102 e. The highest BCUT2D eigenvalue weighted by atomic mass is 32.2. The van der Waals surface area contributed by atoms with Crippen LogP contribution in [0.5, 0.6) is 0 Å². The molecule has 0 aromatic heterocycles. The van der Waals surface area contributed by atoms with Crippen molar-refractivity contribution in [2.45, 2.75) is 51.4 Å². The monoisotopic (exact) mass is 237 g/mol. The Labute approximate surface area is 95.6 Å². The second-order valence-corrected chi connectivity index (χ2v) is 5.02.